The van der Waals surface area contributed by atoms with E-state index in [1.165, 1.54) is 23.5 Å². The number of rotatable bonds is 4. The van der Waals surface area contributed by atoms with Gasteiger partial charge in [0, 0.05) is 13.0 Å². The van der Waals surface area contributed by atoms with Crippen molar-refractivity contribution in [3.05, 3.63) is 48.8 Å². The van der Waals surface area contributed by atoms with Crippen LogP contribution in [0, 0.1) is 22.2 Å². The molecule has 2 rings (SSSR count). The van der Waals surface area contributed by atoms with Gasteiger partial charge in [-0.15, -0.1) is 0 Å². The van der Waals surface area contributed by atoms with E-state index in [9.17, 15) is 15.3 Å². The second-order valence-electron chi connectivity index (χ2n) is 3.86. The van der Waals surface area contributed by atoms with Gasteiger partial charge in [0.15, 0.2) is 0 Å². The molecular weight excluding hydrogens is 268 g/mol. The summed E-state index contributed by atoms with van der Waals surface area (Å²) in [5, 5.41) is 22.8. The van der Waals surface area contributed by atoms with Crippen LogP contribution in [0.4, 0.5) is 5.88 Å². The van der Waals surface area contributed by atoms with E-state index in [-0.39, 0.29) is 5.88 Å². The second kappa shape index (κ2) is 5.23. The van der Waals surface area contributed by atoms with Crippen LogP contribution in [0.2, 0.25) is 0 Å². The maximum Gasteiger partial charge on any atom is 0.433 e. The molecular formula is C12H12N2O4S. The largest absolute Gasteiger partial charge is 0.617 e. The average Bonchev–Trinajstić information content (AvgIpc) is 2.95. The number of furan rings is 1. The standard InChI is InChI=1S/C12H12N2O4S/c1-3-10-8(2)13(15)12(19-10)7-5-9-4-6-11(18-9)14(16)17/h4-7H,3H2,1-2H3/b7-5+. The summed E-state index contributed by atoms with van der Waals surface area (Å²) in [6.45, 7) is 3.76. The zero-order valence-electron chi connectivity index (χ0n) is 10.5. The molecule has 6 nitrogen and oxygen atoms in total. The van der Waals surface area contributed by atoms with Crippen molar-refractivity contribution in [3.63, 3.8) is 0 Å². The molecule has 0 aliphatic rings. The summed E-state index contributed by atoms with van der Waals surface area (Å²) < 4.78 is 5.84. The molecule has 100 valence electrons. The monoisotopic (exact) mass is 280 g/mol. The number of aryl methyl sites for hydroxylation is 1. The molecule has 0 aliphatic heterocycles. The van der Waals surface area contributed by atoms with Crippen molar-refractivity contribution in [1.29, 1.82) is 0 Å². The SMILES string of the molecule is CCc1sc(/C=C/c2ccc([N+](=O)[O-])o2)[n+]([O-])c1C. The highest BCUT2D eigenvalue weighted by Crippen LogP contribution is 2.21. The molecule has 0 aromatic carbocycles. The van der Waals surface area contributed by atoms with Crippen LogP contribution in [-0.4, -0.2) is 4.92 Å². The third-order valence-corrected chi connectivity index (χ3v) is 3.98. The summed E-state index contributed by atoms with van der Waals surface area (Å²) >= 11 is 1.41. The average molecular weight is 280 g/mol. The molecule has 0 spiro atoms. The highest BCUT2D eigenvalue weighted by atomic mass is 32.1. The van der Waals surface area contributed by atoms with E-state index in [0.717, 1.165) is 16.0 Å². The highest BCUT2D eigenvalue weighted by Gasteiger charge is 2.16. The van der Waals surface area contributed by atoms with Crippen molar-refractivity contribution in [2.75, 3.05) is 0 Å². The van der Waals surface area contributed by atoms with Crippen molar-refractivity contribution in [1.82, 2.24) is 0 Å². The predicted octanol–water partition coefficient (Wildman–Crippen LogP) is 2.92. The molecule has 0 N–H and O–H groups in total. The normalized spacial score (nSPS) is 11.3. The van der Waals surface area contributed by atoms with Crippen LogP contribution in [0.1, 0.15) is 28.3 Å². The van der Waals surface area contributed by atoms with Crippen molar-refractivity contribution in [3.8, 4) is 0 Å². The number of nitrogens with zero attached hydrogens (tertiary/aromatic N) is 2. The molecule has 0 bridgehead atoms. The van der Waals surface area contributed by atoms with Crippen molar-refractivity contribution in [2.24, 2.45) is 0 Å². The predicted molar refractivity (Wildman–Crippen MR) is 71.7 cm³/mol. The molecule has 0 saturated carbocycles. The zero-order chi connectivity index (χ0) is 14.0. The van der Waals surface area contributed by atoms with Crippen LogP contribution in [0.3, 0.4) is 0 Å². The first-order valence-electron chi connectivity index (χ1n) is 5.67. The first kappa shape index (κ1) is 13.3. The lowest BCUT2D eigenvalue weighted by molar-refractivity contribution is -0.608. The molecule has 0 atom stereocenters. The Morgan fingerprint density at radius 2 is 2.21 bits per heavy atom. The maximum absolute atomic E-state index is 11.8. The van der Waals surface area contributed by atoms with Gasteiger partial charge in [0.05, 0.1) is 10.9 Å². The van der Waals surface area contributed by atoms with E-state index in [0.29, 0.717) is 16.5 Å². The van der Waals surface area contributed by atoms with Gasteiger partial charge in [-0.2, -0.15) is 4.73 Å². The van der Waals surface area contributed by atoms with Crippen LogP contribution >= 0.6 is 11.3 Å². The first-order valence-corrected chi connectivity index (χ1v) is 6.48. The van der Waals surface area contributed by atoms with E-state index >= 15 is 0 Å². The van der Waals surface area contributed by atoms with Crippen LogP contribution in [0.15, 0.2) is 16.5 Å². The lowest BCUT2D eigenvalue weighted by atomic mass is 10.3. The molecule has 0 radical (unpaired) electrons. The minimum absolute atomic E-state index is 0.314. The lowest BCUT2D eigenvalue weighted by Crippen LogP contribution is -2.29. The van der Waals surface area contributed by atoms with E-state index in [4.69, 9.17) is 4.42 Å². The smallest absolute Gasteiger partial charge is 0.433 e. The summed E-state index contributed by atoms with van der Waals surface area (Å²) in [6, 6.07) is 2.77. The molecule has 0 aliphatic carbocycles. The van der Waals surface area contributed by atoms with E-state index in [1.54, 1.807) is 19.1 Å². The van der Waals surface area contributed by atoms with Gasteiger partial charge in [-0.25, -0.2) is 0 Å². The maximum atomic E-state index is 11.8. The molecule has 0 unspecified atom stereocenters. The Morgan fingerprint density at radius 3 is 2.74 bits per heavy atom. The Bertz CT molecular complexity index is 642. The van der Waals surface area contributed by atoms with Gasteiger partial charge in [0.25, 0.3) is 5.01 Å². The van der Waals surface area contributed by atoms with Gasteiger partial charge in [-0.1, -0.05) is 18.3 Å². The Balaban J connectivity index is 2.24. The molecule has 2 heterocycles. The van der Waals surface area contributed by atoms with Gasteiger partial charge in [0.2, 0.25) is 5.69 Å². The number of aromatic nitrogens is 1. The van der Waals surface area contributed by atoms with Gasteiger partial charge < -0.3 is 9.62 Å². The van der Waals surface area contributed by atoms with E-state index in [1.807, 2.05) is 6.92 Å². The Morgan fingerprint density at radius 1 is 1.47 bits per heavy atom. The van der Waals surface area contributed by atoms with Crippen molar-refractivity contribution < 1.29 is 14.1 Å². The van der Waals surface area contributed by atoms with Crippen LogP contribution in [-0.2, 0) is 6.42 Å². The number of thiazole rings is 1. The number of nitro groups is 1. The fraction of sp³-hybridized carbons (Fsp3) is 0.250. The molecule has 0 fully saturated rings. The lowest BCUT2D eigenvalue weighted by Gasteiger charge is -1.94. The number of hydrogen-bond acceptors (Lipinski definition) is 5. The summed E-state index contributed by atoms with van der Waals surface area (Å²) in [4.78, 5) is 10.9. The quantitative estimate of drug-likeness (QED) is 0.373. The van der Waals surface area contributed by atoms with Crippen LogP contribution in [0.5, 0.6) is 0 Å². The molecule has 2 aromatic heterocycles. The first-order chi connectivity index (χ1) is 9.02. The molecule has 0 saturated heterocycles. The topological polar surface area (TPSA) is 83.2 Å². The molecule has 7 heteroatoms. The van der Waals surface area contributed by atoms with Gasteiger partial charge in [0.1, 0.15) is 10.7 Å². The fourth-order valence-electron chi connectivity index (χ4n) is 1.63. The van der Waals surface area contributed by atoms with Crippen molar-refractivity contribution in [2.45, 2.75) is 20.3 Å². The van der Waals surface area contributed by atoms with Crippen molar-refractivity contribution >= 4 is 29.4 Å². The summed E-state index contributed by atoms with van der Waals surface area (Å²) in [7, 11) is 0. The Hall–Kier alpha value is -2.15. The van der Waals surface area contributed by atoms with Gasteiger partial charge in [-0.3, -0.25) is 10.1 Å². The highest BCUT2D eigenvalue weighted by molar-refractivity contribution is 7.12. The van der Waals surface area contributed by atoms with Crippen LogP contribution < -0.4 is 4.73 Å². The summed E-state index contributed by atoms with van der Waals surface area (Å²) in [5.41, 5.74) is 0.692. The van der Waals surface area contributed by atoms with Gasteiger partial charge >= 0.3 is 5.88 Å². The molecule has 2 aromatic rings. The van der Waals surface area contributed by atoms with E-state index in [2.05, 4.69) is 0 Å². The molecule has 0 amide bonds. The third-order valence-electron chi connectivity index (χ3n) is 2.64. The summed E-state index contributed by atoms with van der Waals surface area (Å²) in [6.07, 6.45) is 3.96. The second-order valence-corrected chi connectivity index (χ2v) is 4.98. The summed E-state index contributed by atoms with van der Waals surface area (Å²) in [5.74, 6) is 0.0297. The number of hydrogen-bond donors (Lipinski definition) is 0. The fourth-order valence-corrected chi connectivity index (χ4v) is 2.62. The molecule has 19 heavy (non-hydrogen) atoms. The Kier molecular flexibility index (Phi) is 3.66. The van der Waals surface area contributed by atoms with Gasteiger partial charge in [-0.05, 0) is 18.6 Å². The zero-order valence-corrected chi connectivity index (χ0v) is 11.3. The minimum atomic E-state index is -0.602. The minimum Gasteiger partial charge on any atom is -0.617 e. The Labute approximate surface area is 113 Å². The third kappa shape index (κ3) is 2.65. The van der Waals surface area contributed by atoms with E-state index < -0.39 is 4.92 Å². The van der Waals surface area contributed by atoms with Crippen LogP contribution in [0.25, 0.3) is 12.2 Å².